The number of alkyl halides is 1. The van der Waals surface area contributed by atoms with Crippen LogP contribution in [0.2, 0.25) is 0 Å². The largest absolute Gasteiger partial charge is 0.299 e. The summed E-state index contributed by atoms with van der Waals surface area (Å²) in [5, 5.41) is 0. The van der Waals surface area contributed by atoms with Gasteiger partial charge in [-0.2, -0.15) is 0 Å². The van der Waals surface area contributed by atoms with Gasteiger partial charge in [-0.05, 0) is 64.7 Å². The Morgan fingerprint density at radius 1 is 0.971 bits per heavy atom. The third kappa shape index (κ3) is 4.40. The summed E-state index contributed by atoms with van der Waals surface area (Å²) in [7, 11) is 0. The SMILES string of the molecule is CCC1(C)CC1(CC)c1ccccc1-c1nccn1-c1c(C(C)C)cc(C(C)C)cc1C(C)CI. The Labute approximate surface area is 227 Å². The fourth-order valence-corrected chi connectivity index (χ4v) is 6.72. The average Bonchev–Trinajstić information content (AvgIpc) is 3.21. The highest BCUT2D eigenvalue weighted by molar-refractivity contribution is 14.1. The first-order valence-electron chi connectivity index (χ1n) is 13.5. The summed E-state index contributed by atoms with van der Waals surface area (Å²) in [4.78, 5) is 5.02. The Morgan fingerprint density at radius 3 is 2.23 bits per heavy atom. The molecule has 0 saturated heterocycles. The van der Waals surface area contributed by atoms with Gasteiger partial charge in [0.1, 0.15) is 5.82 Å². The molecule has 2 aromatic carbocycles. The maximum Gasteiger partial charge on any atom is 0.144 e. The first-order chi connectivity index (χ1) is 16.6. The molecule has 3 heteroatoms. The standard InChI is InChI=1S/C32H43IN2/c1-9-31(8)20-32(31,10-2)28-14-12-11-13-25(28)30-34-15-16-35(30)29-26(22(5)6)17-24(21(3)4)18-27(29)23(7)19-33/h11-18,21-23H,9-10,19-20H2,1-8H3. The van der Waals surface area contributed by atoms with E-state index in [1.165, 1.54) is 52.8 Å². The van der Waals surface area contributed by atoms with E-state index < -0.39 is 0 Å². The molecule has 3 atom stereocenters. The summed E-state index contributed by atoms with van der Waals surface area (Å²) >= 11 is 2.54. The van der Waals surface area contributed by atoms with E-state index in [4.69, 9.17) is 4.98 Å². The number of benzene rings is 2. The van der Waals surface area contributed by atoms with Crippen molar-refractivity contribution in [3.63, 3.8) is 0 Å². The molecule has 35 heavy (non-hydrogen) atoms. The summed E-state index contributed by atoms with van der Waals surface area (Å²) in [6.07, 6.45) is 7.84. The molecule has 0 radical (unpaired) electrons. The molecule has 1 aliphatic carbocycles. The van der Waals surface area contributed by atoms with Gasteiger partial charge >= 0.3 is 0 Å². The maximum absolute atomic E-state index is 5.02. The van der Waals surface area contributed by atoms with E-state index in [-0.39, 0.29) is 5.41 Å². The van der Waals surface area contributed by atoms with Gasteiger partial charge in [0.15, 0.2) is 0 Å². The number of halogens is 1. The Morgan fingerprint density at radius 2 is 1.66 bits per heavy atom. The average molecular weight is 583 g/mol. The summed E-state index contributed by atoms with van der Waals surface area (Å²) in [5.74, 6) is 2.50. The second kappa shape index (κ2) is 10.0. The second-order valence-electron chi connectivity index (χ2n) is 11.6. The molecule has 0 spiro atoms. The molecule has 3 aromatic rings. The van der Waals surface area contributed by atoms with Crippen molar-refractivity contribution in [1.82, 2.24) is 9.55 Å². The van der Waals surface area contributed by atoms with E-state index in [1.54, 1.807) is 0 Å². The Hall–Kier alpha value is -1.62. The number of nitrogens with zero attached hydrogens (tertiary/aromatic N) is 2. The monoisotopic (exact) mass is 582 g/mol. The zero-order chi connectivity index (χ0) is 25.5. The van der Waals surface area contributed by atoms with E-state index in [0.717, 1.165) is 10.3 Å². The molecule has 0 bridgehead atoms. The number of rotatable bonds is 9. The van der Waals surface area contributed by atoms with Crippen LogP contribution < -0.4 is 0 Å². The lowest BCUT2D eigenvalue weighted by atomic mass is 9.81. The molecular weight excluding hydrogens is 539 g/mol. The molecule has 1 aliphatic rings. The van der Waals surface area contributed by atoms with Crippen molar-refractivity contribution >= 4 is 22.6 Å². The Bertz CT molecular complexity index is 1190. The third-order valence-electron chi connectivity index (χ3n) is 8.91. The van der Waals surface area contributed by atoms with Gasteiger partial charge in [0, 0.05) is 27.8 Å². The van der Waals surface area contributed by atoms with Crippen LogP contribution in [0, 0.1) is 5.41 Å². The van der Waals surface area contributed by atoms with Gasteiger partial charge in [0.2, 0.25) is 0 Å². The predicted octanol–water partition coefficient (Wildman–Crippen LogP) is 9.79. The highest BCUT2D eigenvalue weighted by Gasteiger charge is 2.63. The van der Waals surface area contributed by atoms with Crippen molar-refractivity contribution in [3.05, 3.63) is 71.0 Å². The van der Waals surface area contributed by atoms with Crippen LogP contribution >= 0.6 is 22.6 Å². The van der Waals surface area contributed by atoms with E-state index >= 15 is 0 Å². The smallest absolute Gasteiger partial charge is 0.144 e. The number of hydrogen-bond acceptors (Lipinski definition) is 1. The van der Waals surface area contributed by atoms with Gasteiger partial charge in [-0.25, -0.2) is 4.98 Å². The van der Waals surface area contributed by atoms with Crippen molar-refractivity contribution in [1.29, 1.82) is 0 Å². The second-order valence-corrected chi connectivity index (χ2v) is 12.5. The minimum atomic E-state index is 0.246. The fourth-order valence-electron chi connectivity index (χ4n) is 6.24. The summed E-state index contributed by atoms with van der Waals surface area (Å²) in [5.41, 5.74) is 9.05. The van der Waals surface area contributed by atoms with Crippen LogP contribution in [0.4, 0.5) is 0 Å². The number of imidazole rings is 1. The molecule has 2 nitrogen and oxygen atoms in total. The van der Waals surface area contributed by atoms with Crippen LogP contribution in [-0.2, 0) is 5.41 Å². The molecule has 0 aliphatic heterocycles. The van der Waals surface area contributed by atoms with Gasteiger partial charge in [-0.1, -0.05) is 114 Å². The zero-order valence-corrected chi connectivity index (χ0v) is 25.1. The minimum absolute atomic E-state index is 0.246. The Balaban J connectivity index is 1.98. The lowest BCUT2D eigenvalue weighted by molar-refractivity contribution is 0.430. The van der Waals surface area contributed by atoms with Gasteiger partial charge in [-0.15, -0.1) is 0 Å². The number of aromatic nitrogens is 2. The fraction of sp³-hybridized carbons (Fsp3) is 0.531. The van der Waals surface area contributed by atoms with Crippen molar-refractivity contribution < 1.29 is 0 Å². The summed E-state index contributed by atoms with van der Waals surface area (Å²) < 4.78 is 3.50. The maximum atomic E-state index is 5.02. The van der Waals surface area contributed by atoms with Crippen LogP contribution in [0.25, 0.3) is 17.1 Å². The Kier molecular flexibility index (Phi) is 7.58. The van der Waals surface area contributed by atoms with E-state index in [0.29, 0.717) is 23.2 Å². The third-order valence-corrected chi connectivity index (χ3v) is 10.2. The lowest BCUT2D eigenvalue weighted by Crippen LogP contribution is -2.17. The molecule has 0 N–H and O–H groups in total. The van der Waals surface area contributed by atoms with Crippen LogP contribution in [0.5, 0.6) is 0 Å². The van der Waals surface area contributed by atoms with Crippen molar-refractivity contribution in [3.8, 4) is 17.1 Å². The highest BCUT2D eigenvalue weighted by atomic mass is 127. The van der Waals surface area contributed by atoms with Crippen LogP contribution in [-0.4, -0.2) is 14.0 Å². The van der Waals surface area contributed by atoms with E-state index in [2.05, 4.69) is 125 Å². The van der Waals surface area contributed by atoms with Crippen LogP contribution in [0.15, 0.2) is 48.8 Å². The molecule has 0 amide bonds. The summed E-state index contributed by atoms with van der Waals surface area (Å²) in [6.45, 7) is 18.8. The lowest BCUT2D eigenvalue weighted by Gasteiger charge is -2.27. The normalized spacial score (nSPS) is 22.7. The van der Waals surface area contributed by atoms with Crippen molar-refractivity contribution in [2.45, 2.75) is 97.8 Å². The van der Waals surface area contributed by atoms with Gasteiger partial charge in [-0.3, -0.25) is 4.57 Å². The van der Waals surface area contributed by atoms with E-state index in [1.807, 2.05) is 6.20 Å². The van der Waals surface area contributed by atoms with Crippen LogP contribution in [0.3, 0.4) is 0 Å². The molecule has 1 aromatic heterocycles. The molecular formula is C32H43IN2. The topological polar surface area (TPSA) is 17.8 Å². The summed E-state index contributed by atoms with van der Waals surface area (Å²) in [6, 6.07) is 14.0. The first kappa shape index (κ1) is 26.4. The molecule has 1 heterocycles. The molecule has 1 fully saturated rings. The number of hydrogen-bond donors (Lipinski definition) is 0. The molecule has 3 unspecified atom stereocenters. The van der Waals surface area contributed by atoms with Gasteiger partial charge in [0.05, 0.1) is 5.69 Å². The zero-order valence-electron chi connectivity index (χ0n) is 23.0. The van der Waals surface area contributed by atoms with Crippen molar-refractivity contribution in [2.24, 2.45) is 5.41 Å². The molecule has 188 valence electrons. The van der Waals surface area contributed by atoms with Gasteiger partial charge < -0.3 is 0 Å². The first-order valence-corrected chi connectivity index (χ1v) is 15.0. The molecule has 1 saturated carbocycles. The van der Waals surface area contributed by atoms with Crippen molar-refractivity contribution in [2.75, 3.05) is 4.43 Å². The predicted molar refractivity (Wildman–Crippen MR) is 159 cm³/mol. The van der Waals surface area contributed by atoms with Gasteiger partial charge in [0.25, 0.3) is 0 Å². The quantitative estimate of drug-likeness (QED) is 0.181. The van der Waals surface area contributed by atoms with E-state index in [9.17, 15) is 0 Å². The van der Waals surface area contributed by atoms with Crippen LogP contribution in [0.1, 0.15) is 115 Å². The molecule has 4 rings (SSSR count). The minimum Gasteiger partial charge on any atom is -0.299 e. The highest BCUT2D eigenvalue weighted by Crippen LogP contribution is 2.69.